The summed E-state index contributed by atoms with van der Waals surface area (Å²) in [6.07, 6.45) is 0. The number of aromatic nitrogens is 1. The van der Waals surface area contributed by atoms with E-state index in [4.69, 9.17) is 0 Å². The number of carbonyl (C=O) groups is 2. The number of benzene rings is 1. The SMILES string of the molecule is Cc1csc(=O)n1CC(=O)Nc1ccc(N2CCNC(=O)C2)cc1. The van der Waals surface area contributed by atoms with Gasteiger partial charge in [0.2, 0.25) is 11.8 Å². The van der Waals surface area contributed by atoms with Crippen molar-refractivity contribution in [3.05, 3.63) is 45.0 Å². The first kappa shape index (κ1) is 16.3. The Morgan fingerprint density at radius 1 is 1.29 bits per heavy atom. The van der Waals surface area contributed by atoms with E-state index in [1.54, 1.807) is 24.4 Å². The quantitative estimate of drug-likeness (QED) is 0.857. The Kier molecular flexibility index (Phi) is 4.66. The molecule has 8 heteroatoms. The Balaban J connectivity index is 1.62. The second kappa shape index (κ2) is 6.88. The molecular weight excluding hydrogens is 328 g/mol. The second-order valence-electron chi connectivity index (χ2n) is 5.60. The Hall–Kier alpha value is -2.61. The lowest BCUT2D eigenvalue weighted by Gasteiger charge is -2.28. The summed E-state index contributed by atoms with van der Waals surface area (Å²) in [4.78, 5) is 37.0. The Morgan fingerprint density at radius 3 is 2.67 bits per heavy atom. The number of aryl methyl sites for hydroxylation is 1. The first-order valence-electron chi connectivity index (χ1n) is 7.59. The van der Waals surface area contributed by atoms with Crippen LogP contribution < -0.4 is 20.4 Å². The minimum Gasteiger partial charge on any atom is -0.360 e. The van der Waals surface area contributed by atoms with Crippen LogP contribution >= 0.6 is 11.3 Å². The monoisotopic (exact) mass is 346 g/mol. The van der Waals surface area contributed by atoms with Gasteiger partial charge in [-0.05, 0) is 31.2 Å². The van der Waals surface area contributed by atoms with Gasteiger partial charge in [-0.2, -0.15) is 0 Å². The highest BCUT2D eigenvalue weighted by atomic mass is 32.1. The summed E-state index contributed by atoms with van der Waals surface area (Å²) in [6.45, 7) is 3.53. The van der Waals surface area contributed by atoms with Crippen LogP contribution in [0.25, 0.3) is 0 Å². The van der Waals surface area contributed by atoms with Crippen molar-refractivity contribution in [3.8, 4) is 0 Å². The van der Waals surface area contributed by atoms with E-state index in [1.165, 1.54) is 4.57 Å². The van der Waals surface area contributed by atoms with Crippen molar-refractivity contribution in [1.82, 2.24) is 9.88 Å². The number of hydrogen-bond donors (Lipinski definition) is 2. The lowest BCUT2D eigenvalue weighted by atomic mass is 10.2. The maximum atomic E-state index is 12.1. The zero-order valence-corrected chi connectivity index (χ0v) is 14.1. The molecule has 3 rings (SSSR count). The largest absolute Gasteiger partial charge is 0.360 e. The highest BCUT2D eigenvalue weighted by Gasteiger charge is 2.16. The molecule has 2 heterocycles. The van der Waals surface area contributed by atoms with E-state index < -0.39 is 0 Å². The standard InChI is InChI=1S/C16H18N4O3S/c1-11-10-24-16(23)20(11)9-15(22)18-12-2-4-13(5-3-12)19-7-6-17-14(21)8-19/h2-5,10H,6-9H2,1H3,(H,17,21)(H,18,22). The van der Waals surface area contributed by atoms with E-state index >= 15 is 0 Å². The van der Waals surface area contributed by atoms with Crippen LogP contribution in [0.4, 0.5) is 11.4 Å². The lowest BCUT2D eigenvalue weighted by Crippen LogP contribution is -2.47. The van der Waals surface area contributed by atoms with Crippen LogP contribution in [0, 0.1) is 6.92 Å². The Labute approximate surface area is 142 Å². The van der Waals surface area contributed by atoms with E-state index in [9.17, 15) is 14.4 Å². The Bertz CT molecular complexity index is 809. The molecule has 1 fully saturated rings. The summed E-state index contributed by atoms with van der Waals surface area (Å²) in [5, 5.41) is 7.30. The summed E-state index contributed by atoms with van der Waals surface area (Å²) in [5.41, 5.74) is 2.37. The molecule has 0 radical (unpaired) electrons. The third kappa shape index (κ3) is 3.65. The molecule has 2 amide bonds. The van der Waals surface area contributed by atoms with Crippen LogP contribution in [0.1, 0.15) is 5.69 Å². The van der Waals surface area contributed by atoms with Gasteiger partial charge in [0.1, 0.15) is 6.54 Å². The molecule has 1 aliphatic heterocycles. The predicted octanol–water partition coefficient (Wildman–Crippen LogP) is 0.793. The molecule has 0 bridgehead atoms. The molecule has 0 spiro atoms. The van der Waals surface area contributed by atoms with Gasteiger partial charge in [-0.15, -0.1) is 0 Å². The van der Waals surface area contributed by atoms with Gasteiger partial charge in [0, 0.05) is 35.5 Å². The smallest absolute Gasteiger partial charge is 0.307 e. The molecule has 0 aliphatic carbocycles. The summed E-state index contributed by atoms with van der Waals surface area (Å²) in [5.74, 6) is -0.237. The van der Waals surface area contributed by atoms with Crippen LogP contribution in [0.2, 0.25) is 0 Å². The zero-order valence-electron chi connectivity index (χ0n) is 13.2. The van der Waals surface area contributed by atoms with Crippen molar-refractivity contribution in [2.24, 2.45) is 0 Å². The summed E-state index contributed by atoms with van der Waals surface area (Å²) in [7, 11) is 0. The molecule has 1 aromatic carbocycles. The lowest BCUT2D eigenvalue weighted by molar-refractivity contribution is -0.120. The number of rotatable bonds is 4. The van der Waals surface area contributed by atoms with Gasteiger partial charge in [0.25, 0.3) is 0 Å². The number of carbonyl (C=O) groups excluding carboxylic acids is 2. The topological polar surface area (TPSA) is 83.4 Å². The predicted molar refractivity (Wildman–Crippen MR) is 93.6 cm³/mol. The maximum absolute atomic E-state index is 12.1. The summed E-state index contributed by atoms with van der Waals surface area (Å²) in [6, 6.07) is 7.33. The van der Waals surface area contributed by atoms with Crippen molar-refractivity contribution in [2.45, 2.75) is 13.5 Å². The van der Waals surface area contributed by atoms with Crippen LogP contribution in [0.5, 0.6) is 0 Å². The average Bonchev–Trinajstić information content (AvgIpc) is 2.87. The van der Waals surface area contributed by atoms with Crippen molar-refractivity contribution in [1.29, 1.82) is 0 Å². The number of piperazine rings is 1. The summed E-state index contributed by atoms with van der Waals surface area (Å²) >= 11 is 1.09. The van der Waals surface area contributed by atoms with Gasteiger partial charge in [0.05, 0.1) is 6.54 Å². The summed E-state index contributed by atoms with van der Waals surface area (Å²) < 4.78 is 1.45. The zero-order chi connectivity index (χ0) is 17.1. The van der Waals surface area contributed by atoms with E-state index in [0.29, 0.717) is 18.8 Å². The number of anilines is 2. The molecule has 0 unspecified atom stereocenters. The number of amides is 2. The van der Waals surface area contributed by atoms with Gasteiger partial charge in [-0.25, -0.2) is 0 Å². The number of nitrogens with zero attached hydrogens (tertiary/aromatic N) is 2. The van der Waals surface area contributed by atoms with Gasteiger partial charge in [0.15, 0.2) is 0 Å². The minimum atomic E-state index is -0.247. The molecule has 1 saturated heterocycles. The molecule has 2 N–H and O–H groups in total. The first-order chi connectivity index (χ1) is 11.5. The van der Waals surface area contributed by atoms with Gasteiger partial charge in [-0.3, -0.25) is 19.0 Å². The third-order valence-corrected chi connectivity index (χ3v) is 4.71. The van der Waals surface area contributed by atoms with Crippen LogP contribution in [-0.4, -0.2) is 36.0 Å². The second-order valence-corrected chi connectivity index (χ2v) is 6.42. The third-order valence-electron chi connectivity index (χ3n) is 3.83. The highest BCUT2D eigenvalue weighted by molar-refractivity contribution is 7.07. The fourth-order valence-corrected chi connectivity index (χ4v) is 3.29. The normalized spacial score (nSPS) is 14.4. The highest BCUT2D eigenvalue weighted by Crippen LogP contribution is 2.18. The Morgan fingerprint density at radius 2 is 2.04 bits per heavy atom. The first-order valence-corrected chi connectivity index (χ1v) is 8.47. The molecular formula is C16H18N4O3S. The molecule has 7 nitrogen and oxygen atoms in total. The van der Waals surface area contributed by atoms with Crippen LogP contribution in [0.3, 0.4) is 0 Å². The molecule has 0 atom stereocenters. The van der Waals surface area contributed by atoms with Crippen LogP contribution in [-0.2, 0) is 16.1 Å². The van der Waals surface area contributed by atoms with Gasteiger partial charge >= 0.3 is 4.87 Å². The number of nitrogens with one attached hydrogen (secondary N) is 2. The van der Waals surface area contributed by atoms with Gasteiger partial charge in [-0.1, -0.05) is 11.3 Å². The molecule has 1 aromatic heterocycles. The molecule has 0 saturated carbocycles. The van der Waals surface area contributed by atoms with Crippen LogP contribution in [0.15, 0.2) is 34.4 Å². The number of hydrogen-bond acceptors (Lipinski definition) is 5. The molecule has 126 valence electrons. The molecule has 1 aliphatic rings. The fourth-order valence-electron chi connectivity index (χ4n) is 2.55. The fraction of sp³-hybridized carbons (Fsp3) is 0.312. The van der Waals surface area contributed by atoms with E-state index in [-0.39, 0.29) is 23.2 Å². The molecule has 24 heavy (non-hydrogen) atoms. The van der Waals surface area contributed by atoms with Crippen molar-refractivity contribution in [3.63, 3.8) is 0 Å². The average molecular weight is 346 g/mol. The minimum absolute atomic E-state index is 0.00220. The maximum Gasteiger partial charge on any atom is 0.307 e. The van der Waals surface area contributed by atoms with E-state index in [0.717, 1.165) is 29.3 Å². The van der Waals surface area contributed by atoms with E-state index in [2.05, 4.69) is 10.6 Å². The van der Waals surface area contributed by atoms with Crippen molar-refractivity contribution in [2.75, 3.05) is 29.9 Å². The molecule has 2 aromatic rings. The van der Waals surface area contributed by atoms with E-state index in [1.807, 2.05) is 17.0 Å². The number of thiazole rings is 1. The van der Waals surface area contributed by atoms with Gasteiger partial charge < -0.3 is 15.5 Å². The van der Waals surface area contributed by atoms with Crippen molar-refractivity contribution < 1.29 is 9.59 Å². The van der Waals surface area contributed by atoms with Crippen molar-refractivity contribution >= 4 is 34.5 Å².